The summed E-state index contributed by atoms with van der Waals surface area (Å²) in [6.07, 6.45) is 0.168. The monoisotopic (exact) mass is 212 g/mol. The minimum absolute atomic E-state index is 0.405. The maximum atomic E-state index is 11.2. The van der Waals surface area contributed by atoms with Crippen LogP contribution < -0.4 is 5.32 Å². The number of hydrogen-bond acceptors (Lipinski definition) is 5. The molecule has 0 spiro atoms. The van der Waals surface area contributed by atoms with E-state index in [1.807, 2.05) is 20.8 Å². The number of carbonyl (C=O) groups is 1. The molecule has 0 aromatic rings. The minimum atomic E-state index is -0.464. The van der Waals surface area contributed by atoms with E-state index in [0.717, 1.165) is 0 Å². The van der Waals surface area contributed by atoms with E-state index in [9.17, 15) is 4.79 Å². The van der Waals surface area contributed by atoms with Crippen LogP contribution in [0.25, 0.3) is 0 Å². The van der Waals surface area contributed by atoms with Gasteiger partial charge >= 0.3 is 6.09 Å². The number of carbonyl (C=O) groups excluding carboxylic acids is 1. The first-order chi connectivity index (χ1) is 6.97. The molecule has 1 heterocycles. The van der Waals surface area contributed by atoms with E-state index < -0.39 is 11.7 Å². The van der Waals surface area contributed by atoms with Crippen molar-refractivity contribution < 1.29 is 9.53 Å². The van der Waals surface area contributed by atoms with E-state index in [1.165, 1.54) is 0 Å². The molecule has 0 radical (unpaired) electrons. The number of amidine groups is 1. The fourth-order valence-electron chi connectivity index (χ4n) is 0.978. The number of nitrogens with zero attached hydrogens (tertiary/aromatic N) is 3. The van der Waals surface area contributed by atoms with Gasteiger partial charge in [0.2, 0.25) is 0 Å². The lowest BCUT2D eigenvalue weighted by atomic mass is 10.2. The highest BCUT2D eigenvalue weighted by atomic mass is 16.6. The molecular weight excluding hydrogens is 196 g/mol. The molecule has 0 fully saturated rings. The molecule has 0 aromatic carbocycles. The number of nitrogens with one attached hydrogen (secondary N) is 1. The largest absolute Gasteiger partial charge is 0.444 e. The second kappa shape index (κ2) is 4.86. The van der Waals surface area contributed by atoms with Gasteiger partial charge in [0, 0.05) is 13.0 Å². The third-order valence-corrected chi connectivity index (χ3v) is 1.52. The quantitative estimate of drug-likeness (QED) is 0.773. The molecule has 1 aliphatic heterocycles. The molecule has 15 heavy (non-hydrogen) atoms. The van der Waals surface area contributed by atoms with Crippen LogP contribution in [-0.2, 0) is 4.74 Å². The molecule has 0 saturated heterocycles. The summed E-state index contributed by atoms with van der Waals surface area (Å²) < 4.78 is 5.06. The lowest BCUT2D eigenvalue weighted by Gasteiger charge is -2.19. The maximum Gasteiger partial charge on any atom is 0.407 e. The van der Waals surface area contributed by atoms with Gasteiger partial charge in [-0.25, -0.2) is 9.79 Å². The van der Waals surface area contributed by atoms with Crippen molar-refractivity contribution in [2.75, 3.05) is 13.2 Å². The molecule has 6 heteroatoms. The molecule has 0 bridgehead atoms. The summed E-state index contributed by atoms with van der Waals surface area (Å²) in [4.78, 5) is 15.2. The second-order valence-corrected chi connectivity index (χ2v) is 4.14. The lowest BCUT2D eigenvalue weighted by Crippen LogP contribution is -2.33. The minimum Gasteiger partial charge on any atom is -0.444 e. The molecule has 0 unspecified atom stereocenters. The van der Waals surface area contributed by atoms with Crippen LogP contribution in [0, 0.1) is 0 Å². The molecule has 6 nitrogen and oxygen atoms in total. The zero-order chi connectivity index (χ0) is 11.3. The molecule has 0 aliphatic carbocycles. The van der Waals surface area contributed by atoms with Gasteiger partial charge in [0.25, 0.3) is 0 Å². The van der Waals surface area contributed by atoms with Crippen LogP contribution >= 0.6 is 0 Å². The van der Waals surface area contributed by atoms with Gasteiger partial charge in [-0.3, -0.25) is 0 Å². The molecule has 1 amide bonds. The third kappa shape index (κ3) is 5.09. The van der Waals surface area contributed by atoms with Crippen LogP contribution in [0.1, 0.15) is 27.2 Å². The fourth-order valence-corrected chi connectivity index (χ4v) is 0.978. The number of rotatable bonds is 3. The number of alkyl carbamates (subject to hydrolysis) is 1. The van der Waals surface area contributed by atoms with Crippen molar-refractivity contribution in [2.24, 2.45) is 15.2 Å². The second-order valence-electron chi connectivity index (χ2n) is 4.14. The Morgan fingerprint density at radius 1 is 1.53 bits per heavy atom. The van der Waals surface area contributed by atoms with Crippen LogP contribution in [0.4, 0.5) is 4.79 Å². The standard InChI is InChI=1S/C9H16N4O2/c1-9(2,3)15-8(14)10-5-4-7-11-6-12-13-7/h4-6H2,1-3H3,(H,10,14). The Bertz CT molecular complexity index is 291. The fraction of sp³-hybridized carbons (Fsp3) is 0.778. The highest BCUT2D eigenvalue weighted by molar-refractivity contribution is 5.83. The Labute approximate surface area is 88.8 Å². The molecule has 1 N–H and O–H groups in total. The van der Waals surface area contributed by atoms with Gasteiger partial charge in [-0.1, -0.05) is 0 Å². The summed E-state index contributed by atoms with van der Waals surface area (Å²) in [5, 5.41) is 10.1. The lowest BCUT2D eigenvalue weighted by molar-refractivity contribution is 0.0529. The predicted molar refractivity (Wildman–Crippen MR) is 56.0 cm³/mol. The van der Waals surface area contributed by atoms with E-state index in [4.69, 9.17) is 4.74 Å². The van der Waals surface area contributed by atoms with E-state index in [0.29, 0.717) is 25.5 Å². The average Bonchev–Trinajstić information content (AvgIpc) is 2.53. The van der Waals surface area contributed by atoms with Gasteiger partial charge in [-0.15, -0.1) is 5.11 Å². The molecule has 0 aromatic heterocycles. The highest BCUT2D eigenvalue weighted by Gasteiger charge is 2.15. The van der Waals surface area contributed by atoms with Crippen molar-refractivity contribution in [3.8, 4) is 0 Å². The molecule has 0 atom stereocenters. The first kappa shape index (κ1) is 11.6. The maximum absolute atomic E-state index is 11.2. The van der Waals surface area contributed by atoms with Gasteiger partial charge in [0.15, 0.2) is 6.67 Å². The highest BCUT2D eigenvalue weighted by Crippen LogP contribution is 2.06. The zero-order valence-corrected chi connectivity index (χ0v) is 9.28. The van der Waals surface area contributed by atoms with Crippen LogP contribution in [0.2, 0.25) is 0 Å². The summed E-state index contributed by atoms with van der Waals surface area (Å²) in [5.74, 6) is 0.672. The third-order valence-electron chi connectivity index (χ3n) is 1.52. The molecule has 1 aliphatic rings. The topological polar surface area (TPSA) is 75.4 Å². The summed E-state index contributed by atoms with van der Waals surface area (Å²) in [5.41, 5.74) is -0.464. The number of ether oxygens (including phenoxy) is 1. The molecule has 84 valence electrons. The Balaban J connectivity index is 2.15. The van der Waals surface area contributed by atoms with E-state index >= 15 is 0 Å². The summed E-state index contributed by atoms with van der Waals surface area (Å²) in [6, 6.07) is 0. The normalized spacial score (nSPS) is 15.0. The molecular formula is C9H16N4O2. The Morgan fingerprint density at radius 2 is 2.27 bits per heavy atom. The number of hydrogen-bond donors (Lipinski definition) is 1. The van der Waals surface area contributed by atoms with Crippen LogP contribution in [0.5, 0.6) is 0 Å². The predicted octanol–water partition coefficient (Wildman–Crippen LogP) is 1.72. The van der Waals surface area contributed by atoms with Gasteiger partial charge in [0.05, 0.1) is 0 Å². The van der Waals surface area contributed by atoms with Crippen molar-refractivity contribution in [2.45, 2.75) is 32.8 Å². The average molecular weight is 212 g/mol. The first-order valence-corrected chi connectivity index (χ1v) is 4.85. The zero-order valence-electron chi connectivity index (χ0n) is 9.28. The van der Waals surface area contributed by atoms with Crippen molar-refractivity contribution in [1.82, 2.24) is 5.32 Å². The molecule has 1 rings (SSSR count). The van der Waals surface area contributed by atoms with E-state index in [2.05, 4.69) is 20.5 Å². The SMILES string of the molecule is CC(C)(C)OC(=O)NCCC1=NCN=N1. The number of azo groups is 1. The summed E-state index contributed by atoms with van der Waals surface area (Å²) in [7, 11) is 0. The summed E-state index contributed by atoms with van der Waals surface area (Å²) >= 11 is 0. The van der Waals surface area contributed by atoms with Gasteiger partial charge in [-0.2, -0.15) is 5.11 Å². The van der Waals surface area contributed by atoms with E-state index in [1.54, 1.807) is 0 Å². The van der Waals surface area contributed by atoms with Crippen LogP contribution in [0.15, 0.2) is 15.2 Å². The van der Waals surface area contributed by atoms with Crippen molar-refractivity contribution in [3.63, 3.8) is 0 Å². The van der Waals surface area contributed by atoms with Crippen molar-refractivity contribution in [1.29, 1.82) is 0 Å². The Hall–Kier alpha value is -1.46. The Kier molecular flexibility index (Phi) is 3.76. The van der Waals surface area contributed by atoms with Gasteiger partial charge in [-0.05, 0) is 20.8 Å². The first-order valence-electron chi connectivity index (χ1n) is 4.85. The smallest absolute Gasteiger partial charge is 0.407 e. The van der Waals surface area contributed by atoms with Crippen LogP contribution in [-0.4, -0.2) is 30.7 Å². The van der Waals surface area contributed by atoms with E-state index in [-0.39, 0.29) is 0 Å². The van der Waals surface area contributed by atoms with Crippen molar-refractivity contribution in [3.05, 3.63) is 0 Å². The summed E-state index contributed by atoms with van der Waals surface area (Å²) in [6.45, 7) is 6.33. The number of aliphatic imine (C=N–C) groups is 1. The van der Waals surface area contributed by atoms with Gasteiger partial charge < -0.3 is 10.1 Å². The molecule has 0 saturated carbocycles. The van der Waals surface area contributed by atoms with Crippen LogP contribution in [0.3, 0.4) is 0 Å². The number of amides is 1. The Morgan fingerprint density at radius 3 is 2.80 bits per heavy atom. The van der Waals surface area contributed by atoms with Gasteiger partial charge in [0.1, 0.15) is 11.4 Å². The van der Waals surface area contributed by atoms with Crippen molar-refractivity contribution >= 4 is 11.9 Å².